The van der Waals surface area contributed by atoms with Gasteiger partial charge in [0.25, 0.3) is 0 Å². The molecule has 1 atom stereocenters. The van der Waals surface area contributed by atoms with Crippen LogP contribution in [-0.2, 0) is 9.53 Å². The highest BCUT2D eigenvalue weighted by molar-refractivity contribution is 5.75. The summed E-state index contributed by atoms with van der Waals surface area (Å²) in [5.41, 5.74) is 0. The molecule has 1 unspecified atom stereocenters. The molecular weight excluding hydrogens is 149 g/mol. The second-order valence-corrected chi connectivity index (χ2v) is 1.93. The van der Waals surface area contributed by atoms with Crippen molar-refractivity contribution in [2.75, 3.05) is 0 Å². The number of rotatable bonds is 0. The maximum atomic E-state index is 11.7. The fourth-order valence-corrected chi connectivity index (χ4v) is 0.672. The molecule has 0 aliphatic carbocycles. The highest BCUT2D eigenvalue weighted by Gasteiger charge is 2.48. The molecule has 0 amide bonds. The monoisotopic (exact) mass is 153 g/mol. The van der Waals surface area contributed by atoms with E-state index >= 15 is 0 Å². The summed E-state index contributed by atoms with van der Waals surface area (Å²) in [6.07, 6.45) is -4.81. The molecule has 0 saturated carbocycles. The molecule has 10 heavy (non-hydrogen) atoms. The average Bonchev–Trinajstić information content (AvgIpc) is 2.11. The minimum absolute atomic E-state index is 0.359. The van der Waals surface area contributed by atoms with Crippen molar-refractivity contribution >= 4 is 5.97 Å². The molecule has 1 aliphatic rings. The molecule has 0 N–H and O–H groups in total. The molecule has 1 saturated heterocycles. The van der Waals surface area contributed by atoms with Crippen molar-refractivity contribution in [2.45, 2.75) is 12.6 Å². The Bertz CT molecular complexity index is 151. The summed E-state index contributed by atoms with van der Waals surface area (Å²) < 4.78 is 39.1. The molecular formula is C5H4F3O2. The zero-order valence-electron chi connectivity index (χ0n) is 4.81. The summed E-state index contributed by atoms with van der Waals surface area (Å²) in [5, 5.41) is 0. The molecule has 1 rings (SSSR count). The number of ether oxygens (including phenoxy) is 1. The van der Waals surface area contributed by atoms with Crippen LogP contribution in [0.3, 0.4) is 0 Å². The van der Waals surface area contributed by atoms with Gasteiger partial charge >= 0.3 is 12.1 Å². The fraction of sp³-hybridized carbons (Fsp3) is 0.600. The number of esters is 1. The standard InChI is InChI=1S/C5H4F3O2/c6-5(7,8)3-1-2-10-4(3)9/h2-3H,1H2. The minimum atomic E-state index is -4.45. The minimum Gasteiger partial charge on any atom is -0.458 e. The van der Waals surface area contributed by atoms with Crippen molar-refractivity contribution in [2.24, 2.45) is 5.92 Å². The van der Waals surface area contributed by atoms with Crippen LogP contribution in [0, 0.1) is 12.5 Å². The largest absolute Gasteiger partial charge is 0.458 e. The Morgan fingerprint density at radius 3 is 2.40 bits per heavy atom. The van der Waals surface area contributed by atoms with Gasteiger partial charge in [-0.25, -0.2) is 0 Å². The first-order valence-corrected chi connectivity index (χ1v) is 2.60. The SMILES string of the molecule is O=C1O[CH]CC1C(F)(F)F. The predicted molar refractivity (Wildman–Crippen MR) is 24.6 cm³/mol. The summed E-state index contributed by atoms with van der Waals surface area (Å²) in [7, 11) is 0. The summed E-state index contributed by atoms with van der Waals surface area (Å²) in [5.74, 6) is -3.14. The van der Waals surface area contributed by atoms with E-state index in [1.165, 1.54) is 0 Å². The van der Waals surface area contributed by atoms with Gasteiger partial charge in [0.15, 0.2) is 5.92 Å². The van der Waals surface area contributed by atoms with Crippen LogP contribution in [0.1, 0.15) is 6.42 Å². The van der Waals surface area contributed by atoms with E-state index < -0.39 is 18.1 Å². The highest BCUT2D eigenvalue weighted by Crippen LogP contribution is 2.34. The summed E-state index contributed by atoms with van der Waals surface area (Å²) >= 11 is 0. The van der Waals surface area contributed by atoms with Gasteiger partial charge in [-0.2, -0.15) is 13.2 Å². The lowest BCUT2D eigenvalue weighted by atomic mass is 10.1. The Labute approximate surface area is 55.0 Å². The van der Waals surface area contributed by atoms with Crippen LogP contribution in [0.25, 0.3) is 0 Å². The topological polar surface area (TPSA) is 26.3 Å². The van der Waals surface area contributed by atoms with Crippen LogP contribution in [0.2, 0.25) is 0 Å². The van der Waals surface area contributed by atoms with E-state index in [4.69, 9.17) is 0 Å². The molecule has 57 valence electrons. The number of hydrogen-bond acceptors (Lipinski definition) is 2. The zero-order chi connectivity index (χ0) is 7.78. The van der Waals surface area contributed by atoms with Gasteiger partial charge in [-0.15, -0.1) is 0 Å². The van der Waals surface area contributed by atoms with Crippen LogP contribution >= 0.6 is 0 Å². The summed E-state index contributed by atoms with van der Waals surface area (Å²) in [6.45, 7) is 0.875. The molecule has 1 fully saturated rings. The van der Waals surface area contributed by atoms with E-state index in [-0.39, 0.29) is 6.42 Å². The normalized spacial score (nSPS) is 26.7. The van der Waals surface area contributed by atoms with Gasteiger partial charge in [-0.05, 0) is 0 Å². The van der Waals surface area contributed by atoms with E-state index in [1.54, 1.807) is 0 Å². The third kappa shape index (κ3) is 1.22. The Morgan fingerprint density at radius 1 is 1.60 bits per heavy atom. The quantitative estimate of drug-likeness (QED) is 0.490. The molecule has 0 aromatic carbocycles. The first kappa shape index (κ1) is 7.37. The predicted octanol–water partition coefficient (Wildman–Crippen LogP) is 1.27. The third-order valence-electron chi connectivity index (χ3n) is 1.21. The van der Waals surface area contributed by atoms with Crippen LogP contribution in [0.5, 0.6) is 0 Å². The first-order valence-electron chi connectivity index (χ1n) is 2.60. The second kappa shape index (κ2) is 2.14. The molecule has 2 nitrogen and oxygen atoms in total. The lowest BCUT2D eigenvalue weighted by Crippen LogP contribution is -2.26. The number of alkyl halides is 3. The first-order chi connectivity index (χ1) is 4.52. The lowest BCUT2D eigenvalue weighted by molar-refractivity contribution is -0.184. The van der Waals surface area contributed by atoms with Crippen LogP contribution in [-0.4, -0.2) is 12.1 Å². The number of carbonyl (C=O) groups is 1. The maximum Gasteiger partial charge on any atom is 0.402 e. The Morgan fingerprint density at radius 2 is 2.20 bits per heavy atom. The van der Waals surface area contributed by atoms with Crippen molar-refractivity contribution < 1.29 is 22.7 Å². The molecule has 0 aromatic heterocycles. The van der Waals surface area contributed by atoms with Crippen molar-refractivity contribution in [1.29, 1.82) is 0 Å². The smallest absolute Gasteiger partial charge is 0.402 e. The van der Waals surface area contributed by atoms with E-state index in [9.17, 15) is 18.0 Å². The summed E-state index contributed by atoms with van der Waals surface area (Å²) in [4.78, 5) is 10.2. The Balaban J connectivity index is 2.64. The molecule has 1 heterocycles. The molecule has 1 radical (unpaired) electrons. The van der Waals surface area contributed by atoms with Crippen molar-refractivity contribution in [3.63, 3.8) is 0 Å². The Kier molecular flexibility index (Phi) is 1.58. The van der Waals surface area contributed by atoms with Gasteiger partial charge in [0.05, 0.1) is 0 Å². The third-order valence-corrected chi connectivity index (χ3v) is 1.21. The summed E-state index contributed by atoms with van der Waals surface area (Å²) in [6, 6.07) is 0. The van der Waals surface area contributed by atoms with Crippen LogP contribution in [0.4, 0.5) is 13.2 Å². The van der Waals surface area contributed by atoms with E-state index in [0.717, 1.165) is 6.61 Å². The number of carbonyl (C=O) groups excluding carboxylic acids is 1. The van der Waals surface area contributed by atoms with Gasteiger partial charge in [0.1, 0.15) is 6.61 Å². The lowest BCUT2D eigenvalue weighted by Gasteiger charge is -2.08. The van der Waals surface area contributed by atoms with Crippen LogP contribution in [0.15, 0.2) is 0 Å². The van der Waals surface area contributed by atoms with Gasteiger partial charge in [-0.1, -0.05) is 0 Å². The zero-order valence-corrected chi connectivity index (χ0v) is 4.81. The van der Waals surface area contributed by atoms with Crippen molar-refractivity contribution in [3.8, 4) is 0 Å². The molecule has 1 aliphatic heterocycles. The average molecular weight is 153 g/mol. The Hall–Kier alpha value is -0.740. The van der Waals surface area contributed by atoms with Crippen molar-refractivity contribution in [3.05, 3.63) is 6.61 Å². The van der Waals surface area contributed by atoms with Gasteiger partial charge < -0.3 is 4.74 Å². The van der Waals surface area contributed by atoms with E-state index in [2.05, 4.69) is 4.74 Å². The second-order valence-electron chi connectivity index (χ2n) is 1.93. The maximum absolute atomic E-state index is 11.7. The van der Waals surface area contributed by atoms with Gasteiger partial charge in [-0.3, -0.25) is 4.79 Å². The van der Waals surface area contributed by atoms with E-state index in [0.29, 0.717) is 0 Å². The van der Waals surface area contributed by atoms with E-state index in [1.807, 2.05) is 0 Å². The number of hydrogen-bond donors (Lipinski definition) is 0. The fourth-order valence-electron chi connectivity index (χ4n) is 0.672. The van der Waals surface area contributed by atoms with Gasteiger partial charge in [0.2, 0.25) is 0 Å². The molecule has 5 heteroatoms. The van der Waals surface area contributed by atoms with Gasteiger partial charge in [0, 0.05) is 6.42 Å². The van der Waals surface area contributed by atoms with Crippen LogP contribution < -0.4 is 0 Å². The molecule has 0 bridgehead atoms. The molecule has 0 spiro atoms. The van der Waals surface area contributed by atoms with Crippen molar-refractivity contribution in [1.82, 2.24) is 0 Å². The molecule has 0 aromatic rings. The number of cyclic esters (lactones) is 1. The highest BCUT2D eigenvalue weighted by atomic mass is 19.4. The number of halogens is 3.